The van der Waals surface area contributed by atoms with Crippen LogP contribution in [-0.2, 0) is 0 Å². The second kappa shape index (κ2) is 5.74. The molecule has 0 atom stereocenters. The van der Waals surface area contributed by atoms with E-state index >= 15 is 0 Å². The maximum Gasteiger partial charge on any atom is 0.251 e. The molecule has 21 heavy (non-hydrogen) atoms. The normalized spacial score (nSPS) is 10.3. The van der Waals surface area contributed by atoms with Crippen molar-refractivity contribution in [1.29, 1.82) is 0 Å². The molecule has 0 aliphatic rings. The van der Waals surface area contributed by atoms with Crippen LogP contribution in [0.3, 0.4) is 0 Å². The summed E-state index contributed by atoms with van der Waals surface area (Å²) in [4.78, 5) is 11.5. The fourth-order valence-corrected chi connectivity index (χ4v) is 1.74. The minimum absolute atomic E-state index is 0.167. The number of halogens is 3. The van der Waals surface area contributed by atoms with Crippen molar-refractivity contribution in [3.8, 4) is 0 Å². The number of rotatable bonds is 3. The predicted molar refractivity (Wildman–Crippen MR) is 73.8 cm³/mol. The zero-order valence-electron chi connectivity index (χ0n) is 11.0. The summed E-state index contributed by atoms with van der Waals surface area (Å²) >= 11 is 0. The Hall–Kier alpha value is -2.70. The molecule has 0 heterocycles. The van der Waals surface area contributed by atoms with E-state index in [0.717, 1.165) is 6.07 Å². The Morgan fingerprint density at radius 1 is 1.10 bits per heavy atom. The van der Waals surface area contributed by atoms with Crippen LogP contribution in [0.2, 0.25) is 0 Å². The third-order valence-corrected chi connectivity index (χ3v) is 2.80. The molecule has 0 aromatic heterocycles. The topological polar surface area (TPSA) is 67.2 Å². The van der Waals surface area contributed by atoms with Gasteiger partial charge in [-0.3, -0.25) is 4.79 Å². The minimum Gasteiger partial charge on any atom is -0.397 e. The van der Waals surface area contributed by atoms with Crippen LogP contribution in [0.15, 0.2) is 30.3 Å². The van der Waals surface area contributed by atoms with E-state index in [2.05, 4.69) is 10.6 Å². The van der Waals surface area contributed by atoms with Crippen molar-refractivity contribution in [3.05, 3.63) is 53.3 Å². The van der Waals surface area contributed by atoms with Gasteiger partial charge in [0.2, 0.25) is 0 Å². The van der Waals surface area contributed by atoms with E-state index in [9.17, 15) is 18.0 Å². The van der Waals surface area contributed by atoms with Crippen molar-refractivity contribution in [2.24, 2.45) is 0 Å². The van der Waals surface area contributed by atoms with Gasteiger partial charge in [-0.05, 0) is 18.2 Å². The van der Waals surface area contributed by atoms with Crippen LogP contribution in [0.5, 0.6) is 0 Å². The van der Waals surface area contributed by atoms with Crippen molar-refractivity contribution in [2.75, 3.05) is 18.1 Å². The fourth-order valence-electron chi connectivity index (χ4n) is 1.74. The number of hydrogen-bond acceptors (Lipinski definition) is 3. The van der Waals surface area contributed by atoms with Crippen LogP contribution in [-0.4, -0.2) is 13.0 Å². The quantitative estimate of drug-likeness (QED) is 0.602. The lowest BCUT2D eigenvalue weighted by molar-refractivity contribution is 0.0963. The van der Waals surface area contributed by atoms with Crippen LogP contribution in [0.25, 0.3) is 0 Å². The summed E-state index contributed by atoms with van der Waals surface area (Å²) in [7, 11) is 1.45. The largest absolute Gasteiger partial charge is 0.397 e. The van der Waals surface area contributed by atoms with Gasteiger partial charge >= 0.3 is 0 Å². The Bertz CT molecular complexity index is 704. The summed E-state index contributed by atoms with van der Waals surface area (Å²) < 4.78 is 39.9. The molecule has 0 saturated heterocycles. The summed E-state index contributed by atoms with van der Waals surface area (Å²) in [5, 5.41) is 4.90. The summed E-state index contributed by atoms with van der Waals surface area (Å²) in [6, 6.07) is 5.49. The number of nitrogens with one attached hydrogen (secondary N) is 2. The number of hydrogen-bond donors (Lipinski definition) is 3. The van der Waals surface area contributed by atoms with Crippen LogP contribution in [0, 0.1) is 17.5 Å². The molecule has 2 rings (SSSR count). The van der Waals surface area contributed by atoms with Crippen LogP contribution in [0.1, 0.15) is 10.4 Å². The second-order valence-corrected chi connectivity index (χ2v) is 4.26. The van der Waals surface area contributed by atoms with Crippen LogP contribution in [0.4, 0.5) is 30.2 Å². The molecular formula is C14H12F3N3O. The molecule has 2 aromatic carbocycles. The highest BCUT2D eigenvalue weighted by molar-refractivity contribution is 5.96. The van der Waals surface area contributed by atoms with E-state index in [0.29, 0.717) is 6.07 Å². The third kappa shape index (κ3) is 3.07. The second-order valence-electron chi connectivity index (χ2n) is 4.26. The molecule has 4 nitrogen and oxygen atoms in total. The lowest BCUT2D eigenvalue weighted by atomic mass is 10.1. The highest BCUT2D eigenvalue weighted by Gasteiger charge is 2.13. The van der Waals surface area contributed by atoms with Crippen LogP contribution >= 0.6 is 0 Å². The van der Waals surface area contributed by atoms with Crippen molar-refractivity contribution >= 4 is 23.0 Å². The Morgan fingerprint density at radius 3 is 2.48 bits per heavy atom. The maximum atomic E-state index is 13.6. The molecular weight excluding hydrogens is 283 g/mol. The smallest absolute Gasteiger partial charge is 0.251 e. The minimum atomic E-state index is -1.32. The van der Waals surface area contributed by atoms with Crippen molar-refractivity contribution in [2.45, 2.75) is 0 Å². The number of carbonyl (C=O) groups is 1. The molecule has 7 heteroatoms. The molecule has 0 radical (unpaired) electrons. The molecule has 0 unspecified atom stereocenters. The zero-order valence-corrected chi connectivity index (χ0v) is 11.0. The Labute approximate surface area is 118 Å². The molecule has 1 amide bonds. The molecule has 0 aliphatic carbocycles. The van der Waals surface area contributed by atoms with Gasteiger partial charge in [0.15, 0.2) is 11.6 Å². The van der Waals surface area contributed by atoms with E-state index < -0.39 is 23.1 Å². The van der Waals surface area contributed by atoms with E-state index in [1.54, 1.807) is 0 Å². The van der Waals surface area contributed by atoms with Gasteiger partial charge in [-0.25, -0.2) is 13.2 Å². The van der Waals surface area contributed by atoms with E-state index in [1.165, 1.54) is 25.2 Å². The number of benzene rings is 2. The summed E-state index contributed by atoms with van der Waals surface area (Å²) in [5.41, 5.74) is 5.93. The van der Waals surface area contributed by atoms with Crippen molar-refractivity contribution in [3.63, 3.8) is 0 Å². The monoisotopic (exact) mass is 295 g/mol. The van der Waals surface area contributed by atoms with E-state index in [4.69, 9.17) is 5.73 Å². The highest BCUT2D eigenvalue weighted by atomic mass is 19.2. The molecule has 0 spiro atoms. The molecule has 110 valence electrons. The summed E-state index contributed by atoms with van der Waals surface area (Å²) in [6.07, 6.45) is 0. The van der Waals surface area contributed by atoms with Gasteiger partial charge in [-0.15, -0.1) is 0 Å². The first-order valence-corrected chi connectivity index (χ1v) is 5.95. The van der Waals surface area contributed by atoms with Gasteiger partial charge in [-0.2, -0.15) is 0 Å². The first kappa shape index (κ1) is 14.7. The predicted octanol–water partition coefficient (Wildman–Crippen LogP) is 2.79. The average Bonchev–Trinajstić information content (AvgIpc) is 2.45. The van der Waals surface area contributed by atoms with Crippen LogP contribution < -0.4 is 16.4 Å². The summed E-state index contributed by atoms with van der Waals surface area (Å²) in [6.45, 7) is 0. The number of amides is 1. The van der Waals surface area contributed by atoms with Gasteiger partial charge in [0.25, 0.3) is 5.91 Å². The average molecular weight is 295 g/mol. The zero-order chi connectivity index (χ0) is 15.6. The Morgan fingerprint density at radius 2 is 1.81 bits per heavy atom. The SMILES string of the molecule is CNC(=O)c1ccc(N)c(Nc2cc(F)cc(F)c2F)c1. The molecule has 0 bridgehead atoms. The van der Waals surface area contributed by atoms with Gasteiger partial charge in [-0.1, -0.05) is 0 Å². The molecule has 0 aliphatic heterocycles. The highest BCUT2D eigenvalue weighted by Crippen LogP contribution is 2.27. The van der Waals surface area contributed by atoms with E-state index in [-0.39, 0.29) is 22.8 Å². The molecule has 4 N–H and O–H groups in total. The maximum absolute atomic E-state index is 13.6. The standard InChI is InChI=1S/C14H12F3N3O/c1-19-14(21)7-2-3-10(18)11(4-7)20-12-6-8(15)5-9(16)13(12)17/h2-6,20H,18H2,1H3,(H,19,21). The van der Waals surface area contributed by atoms with Gasteiger partial charge in [0.1, 0.15) is 5.82 Å². The van der Waals surface area contributed by atoms with Gasteiger partial charge in [0.05, 0.1) is 17.1 Å². The molecule has 2 aromatic rings. The van der Waals surface area contributed by atoms with Crippen molar-refractivity contribution < 1.29 is 18.0 Å². The van der Waals surface area contributed by atoms with Gasteiger partial charge < -0.3 is 16.4 Å². The number of nitrogens with two attached hydrogens (primary N) is 1. The van der Waals surface area contributed by atoms with Crippen molar-refractivity contribution in [1.82, 2.24) is 5.32 Å². The lowest BCUT2D eigenvalue weighted by Gasteiger charge is -2.12. The number of nitrogen functional groups attached to an aromatic ring is 1. The first-order chi connectivity index (χ1) is 9.92. The lowest BCUT2D eigenvalue weighted by Crippen LogP contribution is -2.18. The molecule has 0 fully saturated rings. The Kier molecular flexibility index (Phi) is 4.02. The number of anilines is 3. The van der Waals surface area contributed by atoms with E-state index in [1.807, 2.05) is 0 Å². The number of carbonyl (C=O) groups excluding carboxylic acids is 1. The fraction of sp³-hybridized carbons (Fsp3) is 0.0714. The van der Waals surface area contributed by atoms with Gasteiger partial charge in [0, 0.05) is 24.7 Å². The summed E-state index contributed by atoms with van der Waals surface area (Å²) in [5.74, 6) is -3.86. The third-order valence-electron chi connectivity index (χ3n) is 2.80. The molecule has 0 saturated carbocycles. The Balaban J connectivity index is 2.42. The first-order valence-electron chi connectivity index (χ1n) is 5.95.